The minimum absolute atomic E-state index is 0.0169. The Hall–Kier alpha value is -3.53. The van der Waals surface area contributed by atoms with Crippen LogP contribution in [-0.2, 0) is 9.53 Å². The standard InChI is InChI=1S/C26H32N6O3S/c1-15(2)34-25(33)23(36-26-30-21-9-6-18(24(28)29)14-22(21)31-26)17-4-7-19(8-5-17)35-20-10-12-32(13-11-20)16(3)27/h4-9,14-15,20,23,27H,10-13H2,1-3H3,(H3,28,29)(H,30,31). The van der Waals surface area contributed by atoms with Crippen molar-refractivity contribution in [3.05, 3.63) is 53.6 Å². The number of piperidine rings is 1. The molecule has 0 spiro atoms. The van der Waals surface area contributed by atoms with E-state index in [1.165, 1.54) is 11.8 Å². The maximum absolute atomic E-state index is 13.0. The van der Waals surface area contributed by atoms with Crippen molar-refractivity contribution in [3.63, 3.8) is 0 Å². The van der Waals surface area contributed by atoms with E-state index in [2.05, 4.69) is 14.9 Å². The lowest BCUT2D eigenvalue weighted by molar-refractivity contribution is -0.146. The van der Waals surface area contributed by atoms with Crippen molar-refractivity contribution in [2.75, 3.05) is 13.1 Å². The second kappa shape index (κ2) is 11.0. The molecule has 36 heavy (non-hydrogen) atoms. The molecular weight excluding hydrogens is 476 g/mol. The summed E-state index contributed by atoms with van der Waals surface area (Å²) in [5.41, 5.74) is 8.47. The lowest BCUT2D eigenvalue weighted by Crippen LogP contribution is -2.40. The van der Waals surface area contributed by atoms with Crippen LogP contribution in [0.15, 0.2) is 47.6 Å². The number of carbonyl (C=O) groups is 1. The van der Waals surface area contributed by atoms with Crippen molar-refractivity contribution in [2.24, 2.45) is 5.73 Å². The number of benzene rings is 2. The summed E-state index contributed by atoms with van der Waals surface area (Å²) in [7, 11) is 0. The topological polar surface area (TPSA) is 141 Å². The Morgan fingerprint density at radius 1 is 1.17 bits per heavy atom. The summed E-state index contributed by atoms with van der Waals surface area (Å²) in [6.07, 6.45) is 1.61. The van der Waals surface area contributed by atoms with E-state index < -0.39 is 5.25 Å². The van der Waals surface area contributed by atoms with Crippen LogP contribution in [0, 0.1) is 10.8 Å². The molecule has 1 atom stereocenters. The van der Waals surface area contributed by atoms with Crippen LogP contribution in [0.5, 0.6) is 5.75 Å². The van der Waals surface area contributed by atoms with Crippen LogP contribution in [-0.4, -0.2) is 57.8 Å². The molecule has 4 rings (SSSR count). The van der Waals surface area contributed by atoms with Gasteiger partial charge in [0.15, 0.2) is 5.16 Å². The summed E-state index contributed by atoms with van der Waals surface area (Å²) in [6.45, 7) is 7.11. The number of nitrogens with zero attached hydrogens (tertiary/aromatic N) is 2. The molecule has 1 saturated heterocycles. The third kappa shape index (κ3) is 6.17. The molecule has 0 bridgehead atoms. The molecule has 10 heteroatoms. The van der Waals surface area contributed by atoms with Gasteiger partial charge in [0.2, 0.25) is 0 Å². The summed E-state index contributed by atoms with van der Waals surface area (Å²) in [6, 6.07) is 12.9. The van der Waals surface area contributed by atoms with E-state index in [0.717, 1.165) is 48.3 Å². The predicted molar refractivity (Wildman–Crippen MR) is 142 cm³/mol. The molecule has 1 unspecified atom stereocenters. The maximum atomic E-state index is 13.0. The number of likely N-dealkylation sites (tertiary alicyclic amines) is 1. The second-order valence-electron chi connectivity index (χ2n) is 9.13. The summed E-state index contributed by atoms with van der Waals surface area (Å²) >= 11 is 1.28. The summed E-state index contributed by atoms with van der Waals surface area (Å²) in [4.78, 5) is 22.9. The Kier molecular flexibility index (Phi) is 7.83. The van der Waals surface area contributed by atoms with Crippen LogP contribution in [0.1, 0.15) is 50.0 Å². The first-order chi connectivity index (χ1) is 17.2. The van der Waals surface area contributed by atoms with Gasteiger partial charge in [0, 0.05) is 31.5 Å². The van der Waals surface area contributed by atoms with Crippen molar-refractivity contribution in [3.8, 4) is 5.75 Å². The molecule has 1 aliphatic rings. The largest absolute Gasteiger partial charge is 0.490 e. The quantitative estimate of drug-likeness (QED) is 0.152. The number of hydrogen-bond acceptors (Lipinski definition) is 7. The van der Waals surface area contributed by atoms with E-state index in [0.29, 0.717) is 16.6 Å². The number of hydrogen-bond donors (Lipinski definition) is 4. The number of carbonyl (C=O) groups excluding carboxylic acids is 1. The average molecular weight is 509 g/mol. The van der Waals surface area contributed by atoms with Crippen LogP contribution in [0.4, 0.5) is 0 Å². The van der Waals surface area contributed by atoms with E-state index in [1.807, 2.05) is 45.0 Å². The molecule has 1 fully saturated rings. The second-order valence-corrected chi connectivity index (χ2v) is 10.2. The van der Waals surface area contributed by atoms with E-state index in [-0.39, 0.29) is 24.0 Å². The van der Waals surface area contributed by atoms with Crippen LogP contribution in [0.25, 0.3) is 11.0 Å². The fraction of sp³-hybridized carbons (Fsp3) is 0.385. The number of aromatic amines is 1. The predicted octanol–water partition coefficient (Wildman–Crippen LogP) is 4.47. The fourth-order valence-corrected chi connectivity index (χ4v) is 5.08. The van der Waals surface area contributed by atoms with Gasteiger partial charge in [-0.3, -0.25) is 15.6 Å². The molecule has 0 amide bonds. The third-order valence-electron chi connectivity index (χ3n) is 5.97. The molecule has 5 N–H and O–H groups in total. The molecule has 0 aliphatic carbocycles. The van der Waals surface area contributed by atoms with E-state index >= 15 is 0 Å². The van der Waals surface area contributed by atoms with Gasteiger partial charge in [-0.1, -0.05) is 23.9 Å². The maximum Gasteiger partial charge on any atom is 0.324 e. The Labute approximate surface area is 214 Å². The Morgan fingerprint density at radius 3 is 2.47 bits per heavy atom. The summed E-state index contributed by atoms with van der Waals surface area (Å²) in [5, 5.41) is 15.4. The van der Waals surface area contributed by atoms with Gasteiger partial charge in [0.05, 0.1) is 23.0 Å². The monoisotopic (exact) mass is 508 g/mol. The lowest BCUT2D eigenvalue weighted by Gasteiger charge is -2.32. The molecule has 3 aromatic rings. The minimum atomic E-state index is -0.618. The first kappa shape index (κ1) is 25.6. The van der Waals surface area contributed by atoms with Gasteiger partial charge in [-0.15, -0.1) is 0 Å². The fourth-order valence-electron chi connectivity index (χ4n) is 4.09. The first-order valence-electron chi connectivity index (χ1n) is 12.0. The van der Waals surface area contributed by atoms with Gasteiger partial charge in [0.25, 0.3) is 0 Å². The van der Waals surface area contributed by atoms with Crippen molar-refractivity contribution in [2.45, 2.75) is 56.2 Å². The highest BCUT2D eigenvalue weighted by molar-refractivity contribution is 8.00. The average Bonchev–Trinajstić information content (AvgIpc) is 3.25. The van der Waals surface area contributed by atoms with Gasteiger partial charge in [-0.2, -0.15) is 0 Å². The van der Waals surface area contributed by atoms with Crippen LogP contribution in [0.3, 0.4) is 0 Å². The highest BCUT2D eigenvalue weighted by Gasteiger charge is 2.27. The van der Waals surface area contributed by atoms with Gasteiger partial charge < -0.3 is 25.1 Å². The summed E-state index contributed by atoms with van der Waals surface area (Å²) in [5.74, 6) is 0.989. The number of amidine groups is 2. The smallest absolute Gasteiger partial charge is 0.324 e. The number of imidazole rings is 1. The highest BCUT2D eigenvalue weighted by atomic mass is 32.2. The van der Waals surface area contributed by atoms with Crippen LogP contribution >= 0.6 is 11.8 Å². The van der Waals surface area contributed by atoms with Crippen molar-refractivity contribution >= 4 is 40.4 Å². The van der Waals surface area contributed by atoms with Crippen molar-refractivity contribution < 1.29 is 14.3 Å². The minimum Gasteiger partial charge on any atom is -0.490 e. The summed E-state index contributed by atoms with van der Waals surface area (Å²) < 4.78 is 11.7. The Bertz CT molecular complexity index is 1250. The first-order valence-corrected chi connectivity index (χ1v) is 12.9. The molecule has 190 valence electrons. The number of nitrogens with one attached hydrogen (secondary N) is 3. The lowest BCUT2D eigenvalue weighted by atomic mass is 10.1. The molecule has 0 saturated carbocycles. The molecule has 1 aromatic heterocycles. The molecular formula is C26H32N6O3S. The van der Waals surface area contributed by atoms with Gasteiger partial charge in [-0.05, 0) is 56.7 Å². The number of rotatable bonds is 8. The number of aromatic nitrogens is 2. The number of thioether (sulfide) groups is 1. The van der Waals surface area contributed by atoms with Crippen molar-refractivity contribution in [1.82, 2.24) is 14.9 Å². The van der Waals surface area contributed by atoms with E-state index in [9.17, 15) is 4.79 Å². The molecule has 1 aliphatic heterocycles. The molecule has 2 heterocycles. The zero-order valence-corrected chi connectivity index (χ0v) is 21.5. The van der Waals surface area contributed by atoms with Gasteiger partial charge in [0.1, 0.15) is 22.9 Å². The van der Waals surface area contributed by atoms with Crippen LogP contribution < -0.4 is 10.5 Å². The molecule has 2 aromatic carbocycles. The zero-order valence-electron chi connectivity index (χ0n) is 20.7. The number of esters is 1. The number of ether oxygens (including phenoxy) is 2. The Morgan fingerprint density at radius 2 is 1.86 bits per heavy atom. The molecule has 0 radical (unpaired) electrons. The third-order valence-corrected chi connectivity index (χ3v) is 7.09. The van der Waals surface area contributed by atoms with E-state index in [4.69, 9.17) is 26.0 Å². The van der Waals surface area contributed by atoms with Gasteiger partial charge >= 0.3 is 5.97 Å². The number of nitrogen functional groups attached to an aromatic ring is 1. The number of H-pyrrole nitrogens is 1. The Balaban J connectivity index is 1.50. The molecule has 9 nitrogen and oxygen atoms in total. The normalized spacial score (nSPS) is 15.2. The van der Waals surface area contributed by atoms with Crippen molar-refractivity contribution in [1.29, 1.82) is 10.8 Å². The van der Waals surface area contributed by atoms with E-state index in [1.54, 1.807) is 18.2 Å². The van der Waals surface area contributed by atoms with Crippen LogP contribution in [0.2, 0.25) is 0 Å². The number of fused-ring (bicyclic) bond motifs is 1. The number of nitrogens with two attached hydrogens (primary N) is 1. The highest BCUT2D eigenvalue weighted by Crippen LogP contribution is 2.37. The SMILES string of the molecule is CC(=N)N1CCC(Oc2ccc(C(Sc3nc4ccc(C(=N)N)cc4[nH]3)C(=O)OC(C)C)cc2)CC1. The zero-order chi connectivity index (χ0) is 25.8. The van der Waals surface area contributed by atoms with Gasteiger partial charge in [-0.25, -0.2) is 4.98 Å².